The molecule has 0 atom stereocenters. The molecule has 146 valence electrons. The lowest BCUT2D eigenvalue weighted by molar-refractivity contribution is 0.0972. The van der Waals surface area contributed by atoms with Gasteiger partial charge in [-0.05, 0) is 74.6 Å². The minimum atomic E-state index is -3.42. The molecule has 0 amide bonds. The SMILES string of the molecule is O=C(CCCN1CCC(NS(=O)(=O)c2cccs2)CC1)c1ccc(F)cc1. The Kier molecular flexibility index (Phi) is 6.75. The van der Waals surface area contributed by atoms with Gasteiger partial charge in [0.25, 0.3) is 0 Å². The Hall–Kier alpha value is -1.61. The van der Waals surface area contributed by atoms with Crippen molar-refractivity contribution >= 4 is 27.1 Å². The molecule has 0 saturated carbocycles. The number of benzene rings is 1. The molecule has 1 N–H and O–H groups in total. The van der Waals surface area contributed by atoms with Gasteiger partial charge in [0, 0.05) is 18.0 Å². The number of nitrogens with zero attached hydrogens (tertiary/aromatic N) is 1. The van der Waals surface area contributed by atoms with E-state index in [4.69, 9.17) is 0 Å². The van der Waals surface area contributed by atoms with Gasteiger partial charge in [-0.2, -0.15) is 0 Å². The first kappa shape index (κ1) is 20.1. The van der Waals surface area contributed by atoms with Gasteiger partial charge in [0.15, 0.2) is 5.78 Å². The third kappa shape index (κ3) is 5.68. The predicted octanol–water partition coefficient (Wildman–Crippen LogP) is 3.29. The van der Waals surface area contributed by atoms with Crippen LogP contribution in [-0.4, -0.2) is 44.8 Å². The zero-order valence-electron chi connectivity index (χ0n) is 14.9. The molecule has 1 aromatic heterocycles. The highest BCUT2D eigenvalue weighted by Gasteiger charge is 2.25. The predicted molar refractivity (Wildman–Crippen MR) is 104 cm³/mol. The molecule has 1 aromatic carbocycles. The zero-order chi connectivity index (χ0) is 19.3. The first-order chi connectivity index (χ1) is 12.9. The highest BCUT2D eigenvalue weighted by atomic mass is 32.2. The van der Waals surface area contributed by atoms with Crippen LogP contribution in [0.3, 0.4) is 0 Å². The number of rotatable bonds is 8. The maximum absolute atomic E-state index is 12.9. The Morgan fingerprint density at radius 3 is 2.52 bits per heavy atom. The van der Waals surface area contributed by atoms with Crippen LogP contribution in [0.15, 0.2) is 46.0 Å². The highest BCUT2D eigenvalue weighted by molar-refractivity contribution is 7.91. The molecule has 2 aromatic rings. The van der Waals surface area contributed by atoms with Crippen molar-refractivity contribution in [2.75, 3.05) is 19.6 Å². The van der Waals surface area contributed by atoms with E-state index in [0.29, 0.717) is 16.2 Å². The molecule has 5 nitrogen and oxygen atoms in total. The first-order valence-electron chi connectivity index (χ1n) is 9.01. The van der Waals surface area contributed by atoms with Crippen molar-refractivity contribution in [3.63, 3.8) is 0 Å². The summed E-state index contributed by atoms with van der Waals surface area (Å²) in [7, 11) is -3.42. The first-order valence-corrected chi connectivity index (χ1v) is 11.4. The minimum absolute atomic E-state index is 0.0218. The average Bonchev–Trinajstić information content (AvgIpc) is 3.19. The van der Waals surface area contributed by atoms with Gasteiger partial charge < -0.3 is 4.90 Å². The number of halogens is 1. The van der Waals surface area contributed by atoms with Crippen molar-refractivity contribution in [2.45, 2.75) is 35.9 Å². The largest absolute Gasteiger partial charge is 0.303 e. The van der Waals surface area contributed by atoms with Crippen LogP contribution in [0, 0.1) is 5.82 Å². The molecule has 0 aliphatic carbocycles. The minimum Gasteiger partial charge on any atom is -0.303 e. The summed E-state index contributed by atoms with van der Waals surface area (Å²) in [5.41, 5.74) is 0.540. The quantitative estimate of drug-likeness (QED) is 0.678. The topological polar surface area (TPSA) is 66.5 Å². The van der Waals surface area contributed by atoms with Gasteiger partial charge in [-0.1, -0.05) is 6.07 Å². The molecule has 27 heavy (non-hydrogen) atoms. The number of carbonyl (C=O) groups excluding carboxylic acids is 1. The van der Waals surface area contributed by atoms with Crippen LogP contribution in [-0.2, 0) is 10.0 Å². The normalized spacial score (nSPS) is 16.5. The number of sulfonamides is 1. The van der Waals surface area contributed by atoms with Crippen LogP contribution in [0.1, 0.15) is 36.0 Å². The molecule has 0 spiro atoms. The van der Waals surface area contributed by atoms with Crippen molar-refractivity contribution in [2.24, 2.45) is 0 Å². The number of carbonyl (C=O) groups is 1. The molecule has 0 bridgehead atoms. The lowest BCUT2D eigenvalue weighted by Crippen LogP contribution is -2.44. The molecule has 8 heteroatoms. The van der Waals surface area contributed by atoms with Crippen LogP contribution in [0.4, 0.5) is 4.39 Å². The molecule has 2 heterocycles. The second-order valence-electron chi connectivity index (χ2n) is 6.70. The fourth-order valence-electron chi connectivity index (χ4n) is 3.21. The van der Waals surface area contributed by atoms with E-state index in [1.165, 1.54) is 35.6 Å². The van der Waals surface area contributed by atoms with E-state index in [0.717, 1.165) is 38.9 Å². The van der Waals surface area contributed by atoms with Gasteiger partial charge in [-0.25, -0.2) is 17.5 Å². The van der Waals surface area contributed by atoms with Gasteiger partial charge in [0.05, 0.1) is 0 Å². The molecular weight excluding hydrogens is 387 g/mol. The summed E-state index contributed by atoms with van der Waals surface area (Å²) in [5, 5.41) is 1.75. The number of ketones is 1. The molecule has 3 rings (SSSR count). The van der Waals surface area contributed by atoms with Crippen molar-refractivity contribution in [3.05, 3.63) is 53.2 Å². The van der Waals surface area contributed by atoms with Crippen molar-refractivity contribution < 1.29 is 17.6 Å². The summed E-state index contributed by atoms with van der Waals surface area (Å²) < 4.78 is 40.6. The summed E-state index contributed by atoms with van der Waals surface area (Å²) in [6.07, 6.45) is 2.69. The summed E-state index contributed by atoms with van der Waals surface area (Å²) in [5.74, 6) is -0.322. The van der Waals surface area contributed by atoms with Crippen molar-refractivity contribution in [3.8, 4) is 0 Å². The third-order valence-electron chi connectivity index (χ3n) is 4.71. The summed E-state index contributed by atoms with van der Waals surface area (Å²) in [6, 6.07) is 8.93. The van der Waals surface area contributed by atoms with Gasteiger partial charge in [-0.15, -0.1) is 11.3 Å². The molecule has 1 aliphatic rings. The zero-order valence-corrected chi connectivity index (χ0v) is 16.6. The van der Waals surface area contributed by atoms with Crippen LogP contribution >= 0.6 is 11.3 Å². The molecule has 1 saturated heterocycles. The Labute approximate surface area is 163 Å². The van der Waals surface area contributed by atoms with E-state index in [1.807, 2.05) is 0 Å². The lowest BCUT2D eigenvalue weighted by atomic mass is 10.0. The highest BCUT2D eigenvalue weighted by Crippen LogP contribution is 2.19. The average molecular weight is 411 g/mol. The molecule has 1 fully saturated rings. The number of likely N-dealkylation sites (tertiary alicyclic amines) is 1. The standard InChI is InChI=1S/C19H23FN2O3S2/c20-16-7-5-15(6-8-16)18(23)3-1-11-22-12-9-17(10-13-22)21-27(24,25)19-4-2-14-26-19/h2,4-8,14,17,21H,1,3,9-13H2. The smallest absolute Gasteiger partial charge is 0.250 e. The Bertz CT molecular complexity index is 844. The number of piperidine rings is 1. The number of nitrogens with one attached hydrogen (secondary N) is 1. The second kappa shape index (κ2) is 9.05. The van der Waals surface area contributed by atoms with E-state index < -0.39 is 10.0 Å². The molecule has 0 unspecified atom stereocenters. The van der Waals surface area contributed by atoms with Crippen LogP contribution < -0.4 is 4.72 Å². The molecular formula is C19H23FN2O3S2. The fraction of sp³-hybridized carbons (Fsp3) is 0.421. The van der Waals surface area contributed by atoms with Crippen LogP contribution in [0.2, 0.25) is 0 Å². The summed E-state index contributed by atoms with van der Waals surface area (Å²) >= 11 is 1.22. The molecule has 1 aliphatic heterocycles. The maximum atomic E-state index is 12.9. The fourth-order valence-corrected chi connectivity index (χ4v) is 5.53. The van der Waals surface area contributed by atoms with E-state index in [2.05, 4.69) is 9.62 Å². The number of hydrogen-bond acceptors (Lipinski definition) is 5. The van der Waals surface area contributed by atoms with Crippen molar-refractivity contribution in [1.29, 1.82) is 0 Å². The van der Waals surface area contributed by atoms with E-state index in [-0.39, 0.29) is 17.6 Å². The lowest BCUT2D eigenvalue weighted by Gasteiger charge is -2.32. The summed E-state index contributed by atoms with van der Waals surface area (Å²) in [6.45, 7) is 2.42. The van der Waals surface area contributed by atoms with E-state index in [1.54, 1.807) is 17.5 Å². The Balaban J connectivity index is 1.38. The van der Waals surface area contributed by atoms with Crippen molar-refractivity contribution in [1.82, 2.24) is 9.62 Å². The number of thiophene rings is 1. The number of hydrogen-bond donors (Lipinski definition) is 1. The van der Waals surface area contributed by atoms with Crippen LogP contribution in [0.5, 0.6) is 0 Å². The van der Waals surface area contributed by atoms with E-state index >= 15 is 0 Å². The third-order valence-corrected chi connectivity index (χ3v) is 7.63. The van der Waals surface area contributed by atoms with Gasteiger partial charge in [0.2, 0.25) is 10.0 Å². The summed E-state index contributed by atoms with van der Waals surface area (Å²) in [4.78, 5) is 14.4. The Morgan fingerprint density at radius 2 is 1.89 bits per heavy atom. The van der Waals surface area contributed by atoms with Gasteiger partial charge >= 0.3 is 0 Å². The van der Waals surface area contributed by atoms with Gasteiger partial charge in [0.1, 0.15) is 10.0 Å². The van der Waals surface area contributed by atoms with E-state index in [9.17, 15) is 17.6 Å². The van der Waals surface area contributed by atoms with Gasteiger partial charge in [-0.3, -0.25) is 4.79 Å². The maximum Gasteiger partial charge on any atom is 0.250 e. The van der Waals surface area contributed by atoms with Crippen LogP contribution in [0.25, 0.3) is 0 Å². The Morgan fingerprint density at radius 1 is 1.19 bits per heavy atom. The molecule has 0 radical (unpaired) electrons. The number of Topliss-reactive ketones (excluding diaryl/α,β-unsaturated/α-hetero) is 1. The monoisotopic (exact) mass is 410 g/mol. The second-order valence-corrected chi connectivity index (χ2v) is 9.59.